The lowest BCUT2D eigenvalue weighted by atomic mass is 9.99. The molecular formula is C21H14F6N4O4S. The molecule has 0 fully saturated rings. The van der Waals surface area contributed by atoms with Crippen molar-refractivity contribution in [3.63, 3.8) is 0 Å². The van der Waals surface area contributed by atoms with E-state index in [-0.39, 0.29) is 16.7 Å². The summed E-state index contributed by atoms with van der Waals surface area (Å²) < 4.78 is 118. The molecule has 190 valence electrons. The average Bonchev–Trinajstić information content (AvgIpc) is 3.29. The number of rotatable bonds is 4. The van der Waals surface area contributed by atoms with Crippen LogP contribution in [0.25, 0.3) is 27.9 Å². The van der Waals surface area contributed by atoms with E-state index < -0.39 is 80.9 Å². The maximum atomic E-state index is 14.9. The first-order valence-corrected chi connectivity index (χ1v) is 12.1. The van der Waals surface area contributed by atoms with E-state index >= 15 is 0 Å². The SMILES string of the molecule is CS(=O)(=O)NC1Cn2c(cn(-c3noc4ccc(F)c(-c5c(F)cc(F)cc5F)c34)c2=O)CC1(F)F. The van der Waals surface area contributed by atoms with E-state index in [0.29, 0.717) is 18.4 Å². The van der Waals surface area contributed by atoms with Crippen molar-refractivity contribution < 1.29 is 39.3 Å². The number of hydrogen-bond acceptors (Lipinski definition) is 5. The zero-order chi connectivity index (χ0) is 26.2. The number of hydrogen-bond donors (Lipinski definition) is 1. The Balaban J connectivity index is 1.72. The average molecular weight is 532 g/mol. The van der Waals surface area contributed by atoms with E-state index in [1.807, 2.05) is 0 Å². The van der Waals surface area contributed by atoms with E-state index in [0.717, 1.165) is 27.5 Å². The molecule has 1 unspecified atom stereocenters. The third-order valence-corrected chi connectivity index (χ3v) is 6.48. The van der Waals surface area contributed by atoms with Crippen molar-refractivity contribution in [2.75, 3.05) is 6.26 Å². The summed E-state index contributed by atoms with van der Waals surface area (Å²) >= 11 is 0. The molecule has 0 spiro atoms. The van der Waals surface area contributed by atoms with Crippen molar-refractivity contribution in [3.8, 4) is 16.9 Å². The molecule has 0 radical (unpaired) electrons. The summed E-state index contributed by atoms with van der Waals surface area (Å²) in [5, 5.41) is 3.31. The van der Waals surface area contributed by atoms with Crippen molar-refractivity contribution in [2.45, 2.75) is 24.9 Å². The van der Waals surface area contributed by atoms with Gasteiger partial charge in [-0.05, 0) is 12.1 Å². The molecule has 5 rings (SSSR count). The van der Waals surface area contributed by atoms with Crippen LogP contribution >= 0.6 is 0 Å². The van der Waals surface area contributed by atoms with E-state index in [1.54, 1.807) is 4.72 Å². The fourth-order valence-corrected chi connectivity index (χ4v) is 5.03. The summed E-state index contributed by atoms with van der Waals surface area (Å²) in [6.45, 7) is -0.737. The van der Waals surface area contributed by atoms with Gasteiger partial charge in [0.2, 0.25) is 10.0 Å². The first-order valence-electron chi connectivity index (χ1n) is 10.2. The maximum absolute atomic E-state index is 14.9. The van der Waals surface area contributed by atoms with Crippen LogP contribution in [0.4, 0.5) is 26.3 Å². The van der Waals surface area contributed by atoms with Gasteiger partial charge < -0.3 is 4.52 Å². The quantitative estimate of drug-likeness (QED) is 0.408. The molecular weight excluding hydrogens is 518 g/mol. The molecule has 1 atom stereocenters. The highest BCUT2D eigenvalue weighted by Crippen LogP contribution is 2.38. The van der Waals surface area contributed by atoms with Gasteiger partial charge in [-0.15, -0.1) is 0 Å². The fraction of sp³-hybridized carbons (Fsp3) is 0.238. The Bertz CT molecular complexity index is 1690. The summed E-state index contributed by atoms with van der Waals surface area (Å²) in [7, 11) is -4.05. The number of nitrogens with zero attached hydrogens (tertiary/aromatic N) is 3. The van der Waals surface area contributed by atoms with E-state index in [2.05, 4.69) is 5.16 Å². The molecule has 0 aliphatic carbocycles. The van der Waals surface area contributed by atoms with Gasteiger partial charge in [-0.1, -0.05) is 5.16 Å². The number of nitrogens with one attached hydrogen (secondary N) is 1. The minimum absolute atomic E-state index is 0.204. The molecule has 1 aliphatic heterocycles. The number of imidazole rings is 1. The Kier molecular flexibility index (Phi) is 5.33. The van der Waals surface area contributed by atoms with Gasteiger partial charge in [-0.25, -0.2) is 48.8 Å². The van der Waals surface area contributed by atoms with E-state index in [4.69, 9.17) is 4.52 Å². The fourth-order valence-electron chi connectivity index (χ4n) is 4.26. The molecule has 0 saturated heterocycles. The van der Waals surface area contributed by atoms with Gasteiger partial charge in [0.1, 0.15) is 29.3 Å². The topological polar surface area (TPSA) is 99.1 Å². The van der Waals surface area contributed by atoms with Gasteiger partial charge >= 0.3 is 5.69 Å². The summed E-state index contributed by atoms with van der Waals surface area (Å²) in [4.78, 5) is 13.1. The van der Waals surface area contributed by atoms with Crippen LogP contribution in [0.15, 0.2) is 39.8 Å². The van der Waals surface area contributed by atoms with Crippen LogP contribution in [0.5, 0.6) is 0 Å². The molecule has 8 nitrogen and oxygen atoms in total. The Hall–Kier alpha value is -3.59. The lowest BCUT2D eigenvalue weighted by Gasteiger charge is -2.31. The Labute approximate surface area is 197 Å². The normalized spacial score (nSPS) is 17.5. The number of sulfonamides is 1. The second-order valence-corrected chi connectivity index (χ2v) is 10.1. The van der Waals surface area contributed by atoms with Crippen LogP contribution < -0.4 is 10.4 Å². The highest BCUT2D eigenvalue weighted by Gasteiger charge is 2.46. The number of benzene rings is 2. The molecule has 1 N–H and O–H groups in total. The van der Waals surface area contributed by atoms with Crippen LogP contribution in [0.1, 0.15) is 5.69 Å². The van der Waals surface area contributed by atoms with Crippen LogP contribution in [-0.4, -0.2) is 40.9 Å². The third-order valence-electron chi connectivity index (χ3n) is 5.77. The summed E-state index contributed by atoms with van der Waals surface area (Å²) in [5.74, 6) is -9.32. The second-order valence-electron chi connectivity index (χ2n) is 8.31. The third kappa shape index (κ3) is 3.87. The van der Waals surface area contributed by atoms with Gasteiger partial charge in [0.15, 0.2) is 11.4 Å². The summed E-state index contributed by atoms with van der Waals surface area (Å²) in [6, 6.07) is 0.641. The smallest absolute Gasteiger partial charge is 0.334 e. The predicted octanol–water partition coefficient (Wildman–Crippen LogP) is 3.11. The zero-order valence-corrected chi connectivity index (χ0v) is 18.8. The van der Waals surface area contributed by atoms with Gasteiger partial charge in [-0.3, -0.25) is 4.57 Å². The second kappa shape index (κ2) is 7.96. The monoisotopic (exact) mass is 532 g/mol. The van der Waals surface area contributed by atoms with Crippen molar-refractivity contribution >= 4 is 21.0 Å². The number of fused-ring (bicyclic) bond motifs is 2. The molecule has 2 aromatic carbocycles. The lowest BCUT2D eigenvalue weighted by Crippen LogP contribution is -2.55. The Morgan fingerprint density at radius 1 is 1.08 bits per heavy atom. The molecule has 3 heterocycles. The molecule has 36 heavy (non-hydrogen) atoms. The van der Waals surface area contributed by atoms with Crippen molar-refractivity contribution in [2.24, 2.45) is 0 Å². The molecule has 4 aromatic rings. The Morgan fingerprint density at radius 3 is 2.39 bits per heavy atom. The first kappa shape index (κ1) is 24.1. The van der Waals surface area contributed by atoms with Gasteiger partial charge in [0, 0.05) is 36.1 Å². The first-order chi connectivity index (χ1) is 16.8. The minimum atomic E-state index is -4.05. The summed E-state index contributed by atoms with van der Waals surface area (Å²) in [5.41, 5.74) is -3.06. The van der Waals surface area contributed by atoms with Gasteiger partial charge in [-0.2, -0.15) is 0 Å². The largest absolute Gasteiger partial charge is 0.354 e. The zero-order valence-electron chi connectivity index (χ0n) is 18.0. The summed E-state index contributed by atoms with van der Waals surface area (Å²) in [6.07, 6.45) is 0.634. The molecule has 0 amide bonds. The molecule has 0 saturated carbocycles. The number of halogens is 6. The standard InChI is InChI=1S/C21H14F6N4O4S/c1-36(33,34)29-15-8-30-10(6-21(15,26)27)7-31(20(30)32)19-18-14(35-28-19)3-2-11(23)17(18)16-12(24)4-9(22)5-13(16)25/h2-5,7,15,29H,6,8H2,1H3. The van der Waals surface area contributed by atoms with Crippen LogP contribution in [-0.2, 0) is 23.0 Å². The number of alkyl halides is 2. The van der Waals surface area contributed by atoms with Gasteiger partial charge in [0.05, 0.1) is 23.6 Å². The molecule has 0 bridgehead atoms. The van der Waals surface area contributed by atoms with Crippen LogP contribution in [0.2, 0.25) is 0 Å². The number of aromatic nitrogens is 3. The molecule has 2 aromatic heterocycles. The van der Waals surface area contributed by atoms with Crippen molar-refractivity contribution in [1.29, 1.82) is 0 Å². The molecule has 1 aliphatic rings. The highest BCUT2D eigenvalue weighted by molar-refractivity contribution is 7.88. The molecule has 15 heteroatoms. The highest BCUT2D eigenvalue weighted by atomic mass is 32.2. The van der Waals surface area contributed by atoms with E-state index in [1.165, 1.54) is 0 Å². The van der Waals surface area contributed by atoms with Crippen LogP contribution in [0.3, 0.4) is 0 Å². The van der Waals surface area contributed by atoms with Gasteiger partial charge in [0.25, 0.3) is 5.92 Å². The lowest BCUT2D eigenvalue weighted by molar-refractivity contribution is -0.0467. The van der Waals surface area contributed by atoms with Crippen molar-refractivity contribution in [1.82, 2.24) is 19.0 Å². The Morgan fingerprint density at radius 2 is 1.75 bits per heavy atom. The van der Waals surface area contributed by atoms with E-state index in [9.17, 15) is 39.6 Å². The van der Waals surface area contributed by atoms with Crippen molar-refractivity contribution in [3.05, 3.63) is 69.9 Å². The maximum Gasteiger partial charge on any atom is 0.334 e. The predicted molar refractivity (Wildman–Crippen MR) is 113 cm³/mol. The minimum Gasteiger partial charge on any atom is -0.354 e. The van der Waals surface area contributed by atoms with Crippen LogP contribution in [0, 0.1) is 23.3 Å².